The quantitative estimate of drug-likeness (QED) is 0.330. The number of nitro benzene ring substituents is 1. The number of rotatable bonds is 8. The van der Waals surface area contributed by atoms with E-state index in [-0.39, 0.29) is 22.9 Å². The smallest absolute Gasteiger partial charge is 0.293 e. The number of hydrogen-bond donors (Lipinski definition) is 0. The molecule has 1 aromatic heterocycles. The number of anilines is 1. The Bertz CT molecular complexity index is 1030. The molecule has 0 amide bonds. The fraction of sp³-hybridized carbons (Fsp3) is 0.238. The van der Waals surface area contributed by atoms with Gasteiger partial charge in [0.2, 0.25) is 5.78 Å². The van der Waals surface area contributed by atoms with Crippen molar-refractivity contribution in [3.05, 3.63) is 81.9 Å². The summed E-state index contributed by atoms with van der Waals surface area (Å²) >= 11 is 0. The minimum absolute atomic E-state index is 0.136. The summed E-state index contributed by atoms with van der Waals surface area (Å²) in [7, 11) is 3.45. The first-order valence-electron chi connectivity index (χ1n) is 9.08. The van der Waals surface area contributed by atoms with Gasteiger partial charge in [-0.2, -0.15) is 0 Å². The number of ketones is 1. The summed E-state index contributed by atoms with van der Waals surface area (Å²) in [4.78, 5) is 29.5. The standard InChI is InChI=1S/C21H22N4O4/c1-15-4-7-17(8-5-15)29-13-12-23(2)18-9-6-16(14-19(18)25(27)28)20(26)21-22-10-11-24(21)3/h4-11,14H,12-13H2,1-3H3. The van der Waals surface area contributed by atoms with Crippen LogP contribution in [0.2, 0.25) is 0 Å². The Labute approximate surface area is 168 Å². The summed E-state index contributed by atoms with van der Waals surface area (Å²) in [6, 6.07) is 12.1. The molecule has 150 valence electrons. The van der Waals surface area contributed by atoms with E-state index in [1.165, 1.54) is 12.3 Å². The molecule has 1 heterocycles. The summed E-state index contributed by atoms with van der Waals surface area (Å²) < 4.78 is 7.28. The Hall–Kier alpha value is -3.68. The second-order valence-electron chi connectivity index (χ2n) is 6.73. The van der Waals surface area contributed by atoms with Gasteiger partial charge in [0, 0.05) is 38.1 Å². The highest BCUT2D eigenvalue weighted by molar-refractivity contribution is 6.07. The van der Waals surface area contributed by atoms with Crippen molar-refractivity contribution in [1.29, 1.82) is 0 Å². The Morgan fingerprint density at radius 1 is 1.24 bits per heavy atom. The lowest BCUT2D eigenvalue weighted by Crippen LogP contribution is -2.24. The fourth-order valence-electron chi connectivity index (χ4n) is 2.90. The van der Waals surface area contributed by atoms with Crippen LogP contribution in [0.15, 0.2) is 54.9 Å². The molecule has 0 saturated heterocycles. The molecule has 0 aliphatic heterocycles. The maximum Gasteiger partial charge on any atom is 0.293 e. The first-order chi connectivity index (χ1) is 13.9. The summed E-state index contributed by atoms with van der Waals surface area (Å²) in [6.07, 6.45) is 3.16. The predicted octanol–water partition coefficient (Wildman–Crippen LogP) is 3.38. The van der Waals surface area contributed by atoms with Crippen molar-refractivity contribution in [3.8, 4) is 5.75 Å². The maximum absolute atomic E-state index is 12.6. The molecule has 0 bridgehead atoms. The van der Waals surface area contributed by atoms with Crippen LogP contribution < -0.4 is 9.64 Å². The molecular weight excluding hydrogens is 372 g/mol. The van der Waals surface area contributed by atoms with Gasteiger partial charge in [0.05, 0.1) is 11.5 Å². The molecule has 0 saturated carbocycles. The average Bonchev–Trinajstić information content (AvgIpc) is 3.14. The molecule has 2 aromatic carbocycles. The number of carbonyl (C=O) groups is 1. The van der Waals surface area contributed by atoms with Gasteiger partial charge in [-0.25, -0.2) is 4.98 Å². The number of nitro groups is 1. The second kappa shape index (κ2) is 8.55. The van der Waals surface area contributed by atoms with Gasteiger partial charge in [0.15, 0.2) is 5.82 Å². The molecule has 0 fully saturated rings. The van der Waals surface area contributed by atoms with Crippen molar-refractivity contribution in [2.24, 2.45) is 7.05 Å². The predicted molar refractivity (Wildman–Crippen MR) is 110 cm³/mol. The molecule has 3 aromatic rings. The monoisotopic (exact) mass is 394 g/mol. The van der Waals surface area contributed by atoms with Crippen molar-refractivity contribution in [1.82, 2.24) is 9.55 Å². The van der Waals surface area contributed by atoms with Gasteiger partial charge in [-0.05, 0) is 31.2 Å². The number of imidazole rings is 1. The summed E-state index contributed by atoms with van der Waals surface area (Å²) in [6.45, 7) is 2.81. The number of aryl methyl sites for hydroxylation is 2. The number of benzene rings is 2. The lowest BCUT2D eigenvalue weighted by Gasteiger charge is -2.19. The number of ether oxygens (including phenoxy) is 1. The molecule has 3 rings (SSSR count). The summed E-state index contributed by atoms with van der Waals surface area (Å²) in [5.41, 5.74) is 1.64. The van der Waals surface area contributed by atoms with E-state index >= 15 is 0 Å². The van der Waals surface area contributed by atoms with Gasteiger partial charge >= 0.3 is 0 Å². The second-order valence-corrected chi connectivity index (χ2v) is 6.73. The van der Waals surface area contributed by atoms with E-state index in [2.05, 4.69) is 4.98 Å². The fourth-order valence-corrected chi connectivity index (χ4v) is 2.90. The van der Waals surface area contributed by atoms with Crippen molar-refractivity contribution in [2.45, 2.75) is 6.92 Å². The van der Waals surface area contributed by atoms with Gasteiger partial charge in [-0.3, -0.25) is 14.9 Å². The lowest BCUT2D eigenvalue weighted by atomic mass is 10.1. The molecule has 0 aliphatic carbocycles. The first-order valence-corrected chi connectivity index (χ1v) is 9.08. The van der Waals surface area contributed by atoms with Crippen LogP contribution in [0.3, 0.4) is 0 Å². The van der Waals surface area contributed by atoms with E-state index < -0.39 is 4.92 Å². The Morgan fingerprint density at radius 3 is 2.59 bits per heavy atom. The molecule has 0 radical (unpaired) electrons. The van der Waals surface area contributed by atoms with Crippen LogP contribution >= 0.6 is 0 Å². The number of carbonyl (C=O) groups excluding carboxylic acids is 1. The molecule has 8 nitrogen and oxygen atoms in total. The molecule has 0 spiro atoms. The van der Waals surface area contributed by atoms with Crippen molar-refractivity contribution in [2.75, 3.05) is 25.1 Å². The van der Waals surface area contributed by atoms with E-state index in [0.29, 0.717) is 18.8 Å². The van der Waals surface area contributed by atoms with Crippen molar-refractivity contribution >= 4 is 17.2 Å². The van der Waals surface area contributed by atoms with E-state index in [1.54, 1.807) is 41.9 Å². The number of nitrogens with zero attached hydrogens (tertiary/aromatic N) is 4. The van der Waals surface area contributed by atoms with E-state index in [4.69, 9.17) is 4.74 Å². The minimum Gasteiger partial charge on any atom is -0.492 e. The average molecular weight is 394 g/mol. The zero-order valence-electron chi connectivity index (χ0n) is 16.5. The molecule has 8 heteroatoms. The molecule has 29 heavy (non-hydrogen) atoms. The van der Waals surface area contributed by atoms with E-state index in [0.717, 1.165) is 11.3 Å². The third kappa shape index (κ3) is 4.60. The lowest BCUT2D eigenvalue weighted by molar-refractivity contribution is -0.384. The molecule has 0 aliphatic rings. The Morgan fingerprint density at radius 2 is 1.97 bits per heavy atom. The van der Waals surface area contributed by atoms with Crippen LogP contribution in [0, 0.1) is 17.0 Å². The van der Waals surface area contributed by atoms with Crippen molar-refractivity contribution < 1.29 is 14.5 Å². The van der Waals surface area contributed by atoms with Gasteiger partial charge in [-0.1, -0.05) is 17.7 Å². The topological polar surface area (TPSA) is 90.5 Å². The number of hydrogen-bond acceptors (Lipinski definition) is 6. The van der Waals surface area contributed by atoms with Gasteiger partial charge in [0.25, 0.3) is 5.69 Å². The van der Waals surface area contributed by atoms with Crippen molar-refractivity contribution in [3.63, 3.8) is 0 Å². The first kappa shape index (κ1) is 20.1. The minimum atomic E-state index is -0.484. The van der Waals surface area contributed by atoms with Crippen LogP contribution in [0.5, 0.6) is 5.75 Å². The van der Waals surface area contributed by atoms with E-state index in [1.807, 2.05) is 31.2 Å². The third-order valence-electron chi connectivity index (χ3n) is 4.59. The zero-order chi connectivity index (χ0) is 21.0. The van der Waals surface area contributed by atoms with Crippen LogP contribution in [0.25, 0.3) is 0 Å². The molecule has 0 atom stereocenters. The SMILES string of the molecule is Cc1ccc(OCCN(C)c2ccc(C(=O)c3nccn3C)cc2[N+](=O)[O-])cc1. The summed E-state index contributed by atoms with van der Waals surface area (Å²) in [5, 5.41) is 11.6. The summed E-state index contributed by atoms with van der Waals surface area (Å²) in [5.74, 6) is 0.610. The Kier molecular flexibility index (Phi) is 5.92. The van der Waals surface area contributed by atoms with Gasteiger partial charge in [0.1, 0.15) is 18.0 Å². The third-order valence-corrected chi connectivity index (χ3v) is 4.59. The highest BCUT2D eigenvalue weighted by Gasteiger charge is 2.22. The molecule has 0 unspecified atom stereocenters. The van der Waals surface area contributed by atoms with Crippen LogP contribution in [-0.4, -0.2) is 40.5 Å². The number of likely N-dealkylation sites (N-methyl/N-ethyl adjacent to an activating group) is 1. The molecule has 0 N–H and O–H groups in total. The molecular formula is C21H22N4O4. The van der Waals surface area contributed by atoms with Gasteiger partial charge < -0.3 is 14.2 Å². The highest BCUT2D eigenvalue weighted by Crippen LogP contribution is 2.29. The highest BCUT2D eigenvalue weighted by atomic mass is 16.6. The van der Waals surface area contributed by atoms with Crippen LogP contribution in [0.4, 0.5) is 11.4 Å². The number of aromatic nitrogens is 2. The van der Waals surface area contributed by atoms with E-state index in [9.17, 15) is 14.9 Å². The maximum atomic E-state index is 12.6. The van der Waals surface area contributed by atoms with Crippen LogP contribution in [-0.2, 0) is 7.05 Å². The Balaban J connectivity index is 1.74. The normalized spacial score (nSPS) is 10.6. The van der Waals surface area contributed by atoms with Crippen LogP contribution in [0.1, 0.15) is 21.7 Å². The zero-order valence-corrected chi connectivity index (χ0v) is 16.5. The largest absolute Gasteiger partial charge is 0.492 e. The van der Waals surface area contributed by atoms with Gasteiger partial charge in [-0.15, -0.1) is 0 Å².